The van der Waals surface area contributed by atoms with Crippen molar-refractivity contribution in [2.24, 2.45) is 5.73 Å². The Hall–Kier alpha value is -3.80. The zero-order chi connectivity index (χ0) is 19.9. The standard InChI is InChI=1S/C22H22N4O2/c1-15-7-6-9-17(13-15)25-22(28)26-19-11-4-2-8-16(19)14-24-20-12-5-3-10-18(20)21(23)27/h2-13,24H,14H2,1H3,(H2,23,27)(H2,25,26,28). The second-order valence-corrected chi connectivity index (χ2v) is 6.37. The van der Waals surface area contributed by atoms with Gasteiger partial charge in [0.15, 0.2) is 0 Å². The summed E-state index contributed by atoms with van der Waals surface area (Å²) in [6, 6.07) is 21.8. The Morgan fingerprint density at radius 2 is 1.57 bits per heavy atom. The van der Waals surface area contributed by atoms with E-state index in [4.69, 9.17) is 5.73 Å². The molecule has 0 bridgehead atoms. The summed E-state index contributed by atoms with van der Waals surface area (Å²) in [4.78, 5) is 23.9. The van der Waals surface area contributed by atoms with Crippen LogP contribution >= 0.6 is 0 Å². The van der Waals surface area contributed by atoms with Gasteiger partial charge in [0, 0.05) is 23.6 Å². The van der Waals surface area contributed by atoms with Gasteiger partial charge in [-0.3, -0.25) is 4.79 Å². The number of para-hydroxylation sites is 2. The molecule has 0 saturated heterocycles. The Morgan fingerprint density at radius 3 is 2.32 bits per heavy atom. The molecule has 0 fully saturated rings. The maximum absolute atomic E-state index is 12.4. The molecule has 0 spiro atoms. The molecule has 3 aromatic carbocycles. The van der Waals surface area contributed by atoms with Crippen LogP contribution in [0.4, 0.5) is 21.9 Å². The number of urea groups is 1. The summed E-state index contributed by atoms with van der Waals surface area (Å²) in [6.45, 7) is 2.39. The highest BCUT2D eigenvalue weighted by Gasteiger charge is 2.10. The number of aryl methyl sites for hydroxylation is 1. The van der Waals surface area contributed by atoms with E-state index < -0.39 is 5.91 Å². The summed E-state index contributed by atoms with van der Waals surface area (Å²) in [6.07, 6.45) is 0. The van der Waals surface area contributed by atoms with E-state index in [-0.39, 0.29) is 6.03 Å². The van der Waals surface area contributed by atoms with E-state index >= 15 is 0 Å². The number of carbonyl (C=O) groups excluding carboxylic acids is 2. The SMILES string of the molecule is Cc1cccc(NC(=O)Nc2ccccc2CNc2ccccc2C(N)=O)c1. The third-order valence-corrected chi connectivity index (χ3v) is 4.20. The Balaban J connectivity index is 1.69. The Bertz CT molecular complexity index is 1000. The van der Waals surface area contributed by atoms with Crippen LogP contribution in [0.15, 0.2) is 72.8 Å². The van der Waals surface area contributed by atoms with Crippen LogP contribution in [0.25, 0.3) is 0 Å². The summed E-state index contributed by atoms with van der Waals surface area (Å²) < 4.78 is 0. The Morgan fingerprint density at radius 1 is 0.857 bits per heavy atom. The number of rotatable bonds is 6. The van der Waals surface area contributed by atoms with E-state index in [1.165, 1.54) is 0 Å². The van der Waals surface area contributed by atoms with E-state index in [2.05, 4.69) is 16.0 Å². The van der Waals surface area contributed by atoms with E-state index in [1.807, 2.05) is 61.5 Å². The minimum Gasteiger partial charge on any atom is -0.380 e. The molecule has 0 saturated carbocycles. The summed E-state index contributed by atoms with van der Waals surface area (Å²) in [7, 11) is 0. The van der Waals surface area contributed by atoms with Crippen LogP contribution in [-0.2, 0) is 6.54 Å². The van der Waals surface area contributed by atoms with E-state index in [0.717, 1.165) is 16.8 Å². The molecule has 28 heavy (non-hydrogen) atoms. The van der Waals surface area contributed by atoms with Gasteiger partial charge < -0.3 is 21.7 Å². The number of hydrogen-bond acceptors (Lipinski definition) is 3. The number of benzene rings is 3. The quantitative estimate of drug-likeness (QED) is 0.516. The molecule has 0 aromatic heterocycles. The molecular formula is C22H22N4O2. The first-order valence-electron chi connectivity index (χ1n) is 8.88. The van der Waals surface area contributed by atoms with Gasteiger partial charge in [-0.2, -0.15) is 0 Å². The molecule has 3 aromatic rings. The Labute approximate surface area is 163 Å². The van der Waals surface area contributed by atoms with Crippen LogP contribution in [0, 0.1) is 6.92 Å². The van der Waals surface area contributed by atoms with Crippen molar-refractivity contribution in [3.05, 3.63) is 89.5 Å². The third-order valence-electron chi connectivity index (χ3n) is 4.20. The summed E-state index contributed by atoms with van der Waals surface area (Å²) in [5, 5.41) is 8.90. The average Bonchev–Trinajstić information content (AvgIpc) is 2.67. The predicted octanol–water partition coefficient (Wildman–Crippen LogP) is 4.35. The average molecular weight is 374 g/mol. The highest BCUT2D eigenvalue weighted by atomic mass is 16.2. The van der Waals surface area contributed by atoms with Crippen molar-refractivity contribution in [3.63, 3.8) is 0 Å². The molecule has 0 heterocycles. The molecule has 3 rings (SSSR count). The smallest absolute Gasteiger partial charge is 0.323 e. The van der Waals surface area contributed by atoms with Crippen molar-refractivity contribution in [3.8, 4) is 0 Å². The van der Waals surface area contributed by atoms with Crippen LogP contribution in [0.3, 0.4) is 0 Å². The highest BCUT2D eigenvalue weighted by Crippen LogP contribution is 2.20. The van der Waals surface area contributed by atoms with Crippen molar-refractivity contribution in [2.45, 2.75) is 13.5 Å². The number of nitrogens with one attached hydrogen (secondary N) is 3. The van der Waals surface area contributed by atoms with Crippen LogP contribution in [-0.4, -0.2) is 11.9 Å². The number of anilines is 3. The summed E-state index contributed by atoms with van der Waals surface area (Å²) >= 11 is 0. The highest BCUT2D eigenvalue weighted by molar-refractivity contribution is 6.00. The van der Waals surface area contributed by atoms with Gasteiger partial charge in [-0.25, -0.2) is 4.79 Å². The maximum Gasteiger partial charge on any atom is 0.323 e. The lowest BCUT2D eigenvalue weighted by Gasteiger charge is -2.14. The van der Waals surface area contributed by atoms with Crippen molar-refractivity contribution in [2.75, 3.05) is 16.0 Å². The van der Waals surface area contributed by atoms with Crippen molar-refractivity contribution in [1.29, 1.82) is 0 Å². The van der Waals surface area contributed by atoms with Gasteiger partial charge in [0.2, 0.25) is 0 Å². The molecule has 0 aliphatic carbocycles. The molecule has 6 heteroatoms. The Kier molecular flexibility index (Phi) is 5.91. The summed E-state index contributed by atoms with van der Waals surface area (Å²) in [5.74, 6) is -0.493. The van der Waals surface area contributed by atoms with Gasteiger partial charge >= 0.3 is 6.03 Å². The van der Waals surface area contributed by atoms with Crippen LogP contribution in [0.5, 0.6) is 0 Å². The second-order valence-electron chi connectivity index (χ2n) is 6.37. The van der Waals surface area contributed by atoms with Gasteiger partial charge in [0.05, 0.1) is 5.56 Å². The van der Waals surface area contributed by atoms with Gasteiger partial charge in [0.1, 0.15) is 0 Å². The molecule has 0 atom stereocenters. The van der Waals surface area contributed by atoms with Gasteiger partial charge in [0.25, 0.3) is 5.91 Å². The largest absolute Gasteiger partial charge is 0.380 e. The molecule has 0 radical (unpaired) electrons. The predicted molar refractivity (Wildman–Crippen MR) is 113 cm³/mol. The number of primary amides is 1. The first-order chi connectivity index (χ1) is 13.5. The third kappa shape index (κ3) is 4.88. The molecule has 3 amide bonds. The topological polar surface area (TPSA) is 96.2 Å². The normalized spacial score (nSPS) is 10.2. The first-order valence-corrected chi connectivity index (χ1v) is 8.88. The van der Waals surface area contributed by atoms with Gasteiger partial charge in [-0.15, -0.1) is 0 Å². The minimum absolute atomic E-state index is 0.324. The fourth-order valence-electron chi connectivity index (χ4n) is 2.85. The molecule has 0 aliphatic heterocycles. The van der Waals surface area contributed by atoms with Crippen molar-refractivity contribution in [1.82, 2.24) is 0 Å². The number of nitrogens with two attached hydrogens (primary N) is 1. The first kappa shape index (κ1) is 19.0. The fraction of sp³-hybridized carbons (Fsp3) is 0.0909. The fourth-order valence-corrected chi connectivity index (χ4v) is 2.85. The lowest BCUT2D eigenvalue weighted by Crippen LogP contribution is -2.21. The molecule has 5 N–H and O–H groups in total. The van der Waals surface area contributed by atoms with Crippen molar-refractivity contribution < 1.29 is 9.59 Å². The number of amides is 3. The summed E-state index contributed by atoms with van der Waals surface area (Å²) in [5.41, 5.74) is 9.83. The maximum atomic E-state index is 12.4. The minimum atomic E-state index is -0.493. The van der Waals surface area contributed by atoms with Crippen molar-refractivity contribution >= 4 is 29.0 Å². The number of hydrogen-bond donors (Lipinski definition) is 4. The molecule has 0 unspecified atom stereocenters. The zero-order valence-corrected chi connectivity index (χ0v) is 15.5. The lowest BCUT2D eigenvalue weighted by atomic mass is 10.1. The van der Waals surface area contributed by atoms with E-state index in [1.54, 1.807) is 18.2 Å². The van der Waals surface area contributed by atoms with E-state index in [0.29, 0.717) is 23.5 Å². The molecule has 0 aliphatic rings. The van der Waals surface area contributed by atoms with Crippen LogP contribution in [0.1, 0.15) is 21.5 Å². The molecule has 6 nitrogen and oxygen atoms in total. The number of carbonyl (C=O) groups is 2. The van der Waals surface area contributed by atoms with Gasteiger partial charge in [-0.05, 0) is 48.4 Å². The van der Waals surface area contributed by atoms with Crippen LogP contribution in [0.2, 0.25) is 0 Å². The lowest BCUT2D eigenvalue weighted by molar-refractivity contribution is 0.100. The van der Waals surface area contributed by atoms with E-state index in [9.17, 15) is 9.59 Å². The molecule has 142 valence electrons. The van der Waals surface area contributed by atoms with Crippen LogP contribution < -0.4 is 21.7 Å². The zero-order valence-electron chi connectivity index (χ0n) is 15.5. The van der Waals surface area contributed by atoms with Gasteiger partial charge in [-0.1, -0.05) is 42.5 Å². The second kappa shape index (κ2) is 8.73. The monoisotopic (exact) mass is 374 g/mol. The molecular weight excluding hydrogens is 352 g/mol.